The summed E-state index contributed by atoms with van der Waals surface area (Å²) in [4.78, 5) is 4.89. The molecule has 0 aliphatic carbocycles. The van der Waals surface area contributed by atoms with Crippen molar-refractivity contribution < 1.29 is 4.74 Å². The molecule has 1 fully saturated rings. The first-order chi connectivity index (χ1) is 9.13. The number of rotatable bonds is 4. The van der Waals surface area contributed by atoms with Crippen LogP contribution >= 0.6 is 0 Å². The molecule has 4 heteroatoms. The van der Waals surface area contributed by atoms with Crippen LogP contribution in [0.1, 0.15) is 19.4 Å². The van der Waals surface area contributed by atoms with Gasteiger partial charge in [-0.25, -0.2) is 0 Å². The van der Waals surface area contributed by atoms with E-state index in [9.17, 15) is 0 Å². The molecule has 0 aromatic heterocycles. The second-order valence-electron chi connectivity index (χ2n) is 5.11. The molecule has 1 aromatic rings. The molecule has 1 aliphatic heterocycles. The van der Waals surface area contributed by atoms with Crippen molar-refractivity contribution in [3.05, 3.63) is 23.8 Å². The Hall–Kier alpha value is -1.26. The summed E-state index contributed by atoms with van der Waals surface area (Å²) < 4.78 is 5.43. The second kappa shape index (κ2) is 6.26. The third kappa shape index (κ3) is 3.19. The summed E-state index contributed by atoms with van der Waals surface area (Å²) >= 11 is 0. The topological polar surface area (TPSA) is 41.7 Å². The maximum Gasteiger partial charge on any atom is 0.0793 e. The number of nitrogens with two attached hydrogens (primary N) is 1. The highest BCUT2D eigenvalue weighted by atomic mass is 16.5. The van der Waals surface area contributed by atoms with Gasteiger partial charge in [-0.3, -0.25) is 4.90 Å². The second-order valence-corrected chi connectivity index (χ2v) is 5.11. The molecule has 0 saturated carbocycles. The maximum absolute atomic E-state index is 5.90. The first-order valence-corrected chi connectivity index (χ1v) is 7.08. The average molecular weight is 263 g/mol. The lowest BCUT2D eigenvalue weighted by Gasteiger charge is -2.40. The highest BCUT2D eigenvalue weighted by Crippen LogP contribution is 2.23. The molecule has 19 heavy (non-hydrogen) atoms. The number of hydrogen-bond acceptors (Lipinski definition) is 4. The van der Waals surface area contributed by atoms with Crippen LogP contribution < -0.4 is 10.6 Å². The van der Waals surface area contributed by atoms with E-state index in [1.165, 1.54) is 5.69 Å². The molecule has 0 amide bonds. The van der Waals surface area contributed by atoms with Gasteiger partial charge >= 0.3 is 0 Å². The van der Waals surface area contributed by atoms with Crippen molar-refractivity contribution in [2.75, 3.05) is 43.5 Å². The van der Waals surface area contributed by atoms with E-state index in [0.717, 1.165) is 44.1 Å². The van der Waals surface area contributed by atoms with Gasteiger partial charge in [0.1, 0.15) is 0 Å². The van der Waals surface area contributed by atoms with Crippen LogP contribution in [-0.4, -0.2) is 43.9 Å². The van der Waals surface area contributed by atoms with E-state index < -0.39 is 0 Å². The normalized spacial score (nSPS) is 18.3. The van der Waals surface area contributed by atoms with Crippen LogP contribution in [-0.2, 0) is 4.74 Å². The van der Waals surface area contributed by atoms with Gasteiger partial charge in [-0.1, -0.05) is 0 Å². The fraction of sp³-hybridized carbons (Fsp3) is 0.600. The number of nitrogen functional groups attached to an aromatic ring is 1. The molecule has 1 saturated heterocycles. The molecular weight excluding hydrogens is 238 g/mol. The molecule has 0 radical (unpaired) electrons. The Morgan fingerprint density at radius 2 is 2.05 bits per heavy atom. The van der Waals surface area contributed by atoms with E-state index in [4.69, 9.17) is 10.5 Å². The highest BCUT2D eigenvalue weighted by molar-refractivity contribution is 5.58. The van der Waals surface area contributed by atoms with Crippen molar-refractivity contribution in [2.24, 2.45) is 0 Å². The summed E-state index contributed by atoms with van der Waals surface area (Å²) in [5.41, 5.74) is 9.15. The molecule has 0 spiro atoms. The van der Waals surface area contributed by atoms with Gasteiger partial charge in [-0.2, -0.15) is 0 Å². The monoisotopic (exact) mass is 263 g/mol. The minimum atomic E-state index is 0.386. The van der Waals surface area contributed by atoms with E-state index in [-0.39, 0.29) is 0 Å². The Bertz CT molecular complexity index is 416. The number of aryl methyl sites for hydroxylation is 1. The van der Waals surface area contributed by atoms with Crippen molar-refractivity contribution >= 4 is 11.4 Å². The SMILES string of the molecule is CCN(c1ccc(N)c(C)c1)C(C)N1CCOCC1. The summed E-state index contributed by atoms with van der Waals surface area (Å²) in [6.45, 7) is 11.2. The summed E-state index contributed by atoms with van der Waals surface area (Å²) in [6.07, 6.45) is 0.386. The zero-order valence-corrected chi connectivity index (χ0v) is 12.2. The Morgan fingerprint density at radius 3 is 2.63 bits per heavy atom. The first kappa shape index (κ1) is 14.2. The van der Waals surface area contributed by atoms with E-state index in [0.29, 0.717) is 6.17 Å². The maximum atomic E-state index is 5.90. The molecule has 1 heterocycles. The summed E-state index contributed by atoms with van der Waals surface area (Å²) in [6, 6.07) is 6.29. The Balaban J connectivity index is 2.15. The van der Waals surface area contributed by atoms with Crippen molar-refractivity contribution in [1.82, 2.24) is 4.90 Å². The van der Waals surface area contributed by atoms with Crippen LogP contribution in [0.25, 0.3) is 0 Å². The van der Waals surface area contributed by atoms with Gasteiger partial charge in [0.15, 0.2) is 0 Å². The molecule has 1 atom stereocenters. The Morgan fingerprint density at radius 1 is 1.37 bits per heavy atom. The van der Waals surface area contributed by atoms with E-state index >= 15 is 0 Å². The fourth-order valence-corrected chi connectivity index (χ4v) is 2.65. The lowest BCUT2D eigenvalue weighted by molar-refractivity contribution is 0.0198. The number of nitrogens with zero attached hydrogens (tertiary/aromatic N) is 2. The summed E-state index contributed by atoms with van der Waals surface area (Å²) in [5, 5.41) is 0. The average Bonchev–Trinajstić information content (AvgIpc) is 2.44. The summed E-state index contributed by atoms with van der Waals surface area (Å²) in [7, 11) is 0. The molecule has 1 aromatic carbocycles. The van der Waals surface area contributed by atoms with Gasteiger partial charge in [0.05, 0.1) is 19.4 Å². The van der Waals surface area contributed by atoms with E-state index in [1.807, 2.05) is 6.07 Å². The third-order valence-electron chi connectivity index (χ3n) is 3.95. The van der Waals surface area contributed by atoms with Gasteiger partial charge in [0.25, 0.3) is 0 Å². The quantitative estimate of drug-likeness (QED) is 0.845. The zero-order valence-electron chi connectivity index (χ0n) is 12.2. The van der Waals surface area contributed by atoms with Gasteiger partial charge in [-0.05, 0) is 44.5 Å². The smallest absolute Gasteiger partial charge is 0.0793 e. The molecule has 2 N–H and O–H groups in total. The van der Waals surface area contributed by atoms with Gasteiger partial charge in [0, 0.05) is 31.0 Å². The van der Waals surface area contributed by atoms with Crippen molar-refractivity contribution in [3.63, 3.8) is 0 Å². The molecule has 4 nitrogen and oxygen atoms in total. The highest BCUT2D eigenvalue weighted by Gasteiger charge is 2.22. The van der Waals surface area contributed by atoms with Crippen LogP contribution in [0.4, 0.5) is 11.4 Å². The van der Waals surface area contributed by atoms with Crippen LogP contribution in [0.3, 0.4) is 0 Å². The number of benzene rings is 1. The van der Waals surface area contributed by atoms with E-state index in [1.54, 1.807) is 0 Å². The van der Waals surface area contributed by atoms with Crippen LogP contribution in [0.15, 0.2) is 18.2 Å². The number of hydrogen-bond donors (Lipinski definition) is 1. The molecule has 1 aliphatic rings. The zero-order chi connectivity index (χ0) is 13.8. The predicted molar refractivity (Wildman–Crippen MR) is 80.5 cm³/mol. The fourth-order valence-electron chi connectivity index (χ4n) is 2.65. The Labute approximate surface area is 116 Å². The number of ether oxygens (including phenoxy) is 1. The van der Waals surface area contributed by atoms with Crippen molar-refractivity contribution in [2.45, 2.75) is 26.9 Å². The van der Waals surface area contributed by atoms with E-state index in [2.05, 4.69) is 42.7 Å². The Kier molecular flexibility index (Phi) is 4.66. The van der Waals surface area contributed by atoms with Gasteiger partial charge in [0.2, 0.25) is 0 Å². The molecule has 106 valence electrons. The van der Waals surface area contributed by atoms with Crippen LogP contribution in [0, 0.1) is 6.92 Å². The first-order valence-electron chi connectivity index (χ1n) is 7.08. The molecule has 0 bridgehead atoms. The predicted octanol–water partition coefficient (Wildman–Crippen LogP) is 2.08. The van der Waals surface area contributed by atoms with Crippen LogP contribution in [0.5, 0.6) is 0 Å². The van der Waals surface area contributed by atoms with Crippen molar-refractivity contribution in [1.29, 1.82) is 0 Å². The lowest BCUT2D eigenvalue weighted by Crippen LogP contribution is -2.51. The summed E-state index contributed by atoms with van der Waals surface area (Å²) in [5.74, 6) is 0. The molecule has 1 unspecified atom stereocenters. The van der Waals surface area contributed by atoms with Crippen LogP contribution in [0.2, 0.25) is 0 Å². The standard InChI is InChI=1S/C15H25N3O/c1-4-18(13(3)17-7-9-19-10-8-17)14-5-6-15(16)12(2)11-14/h5-6,11,13H,4,7-10,16H2,1-3H3. The third-order valence-corrected chi connectivity index (χ3v) is 3.95. The number of anilines is 2. The minimum Gasteiger partial charge on any atom is -0.399 e. The van der Waals surface area contributed by atoms with Crippen molar-refractivity contribution in [3.8, 4) is 0 Å². The number of morpholine rings is 1. The van der Waals surface area contributed by atoms with Gasteiger partial charge in [-0.15, -0.1) is 0 Å². The van der Waals surface area contributed by atoms with Gasteiger partial charge < -0.3 is 15.4 Å². The molecule has 2 rings (SSSR count). The minimum absolute atomic E-state index is 0.386. The largest absolute Gasteiger partial charge is 0.399 e. The lowest BCUT2D eigenvalue weighted by atomic mass is 10.1. The molecular formula is C15H25N3O.